The van der Waals surface area contributed by atoms with Gasteiger partial charge in [-0.05, 0) is 70.1 Å². The first-order chi connectivity index (χ1) is 20.7. The second kappa shape index (κ2) is 14.7. The minimum atomic E-state index is -1.07. The number of hydrogen-bond donors (Lipinski definition) is 4. The van der Waals surface area contributed by atoms with Gasteiger partial charge in [-0.25, -0.2) is 9.59 Å². The molecule has 4 aromatic rings. The van der Waals surface area contributed by atoms with Gasteiger partial charge in [-0.15, -0.1) is 0 Å². The molecule has 9 nitrogen and oxygen atoms in total. The van der Waals surface area contributed by atoms with E-state index in [2.05, 4.69) is 10.6 Å². The summed E-state index contributed by atoms with van der Waals surface area (Å²) < 4.78 is 10.9. The summed E-state index contributed by atoms with van der Waals surface area (Å²) in [5.41, 5.74) is 2.16. The lowest BCUT2D eigenvalue weighted by Gasteiger charge is -2.24. The van der Waals surface area contributed by atoms with E-state index in [4.69, 9.17) is 9.47 Å². The molecule has 4 aromatic carbocycles. The molecule has 4 rings (SSSR count). The largest absolute Gasteiger partial charge is 0.508 e. The van der Waals surface area contributed by atoms with Crippen LogP contribution in [0.1, 0.15) is 37.0 Å². The average molecular weight is 585 g/mol. The number of hydrogen-bond acceptors (Lipinski definition) is 7. The molecule has 0 saturated heterocycles. The Morgan fingerprint density at radius 2 is 1.26 bits per heavy atom. The Bertz CT molecular complexity index is 1530. The van der Waals surface area contributed by atoms with Gasteiger partial charge in [0.25, 0.3) is 0 Å². The van der Waals surface area contributed by atoms with Crippen LogP contribution in [0.3, 0.4) is 0 Å². The molecule has 0 radical (unpaired) electrons. The highest BCUT2D eigenvalue weighted by Gasteiger charge is 2.29. The molecular weight excluding hydrogens is 548 g/mol. The number of carbonyl (C=O) groups excluding carboxylic acids is 3. The smallest absolute Gasteiger partial charge is 0.408 e. The summed E-state index contributed by atoms with van der Waals surface area (Å²) in [5, 5.41) is 26.6. The number of ether oxygens (including phenoxy) is 2. The molecule has 0 aliphatic rings. The molecule has 43 heavy (non-hydrogen) atoms. The Morgan fingerprint density at radius 1 is 0.674 bits per heavy atom. The van der Waals surface area contributed by atoms with Gasteiger partial charge in [0.2, 0.25) is 5.91 Å². The quantitative estimate of drug-likeness (QED) is 0.165. The minimum absolute atomic E-state index is 0.0275. The van der Waals surface area contributed by atoms with E-state index in [0.717, 1.165) is 16.3 Å². The molecule has 0 bridgehead atoms. The second-order valence-corrected chi connectivity index (χ2v) is 10.8. The highest BCUT2D eigenvalue weighted by atomic mass is 16.5. The predicted octanol–water partition coefficient (Wildman–Crippen LogP) is 5.36. The van der Waals surface area contributed by atoms with Gasteiger partial charge < -0.3 is 30.3 Å². The van der Waals surface area contributed by atoms with Crippen molar-refractivity contribution in [2.45, 2.75) is 52.0 Å². The summed E-state index contributed by atoms with van der Waals surface area (Å²) in [6.07, 6.45) is -0.342. The maximum atomic E-state index is 13.4. The summed E-state index contributed by atoms with van der Waals surface area (Å²) in [6.45, 7) is 3.81. The molecule has 2 atom stereocenters. The number of phenols is 2. The van der Waals surface area contributed by atoms with E-state index in [0.29, 0.717) is 17.5 Å². The standard InChI is InChI=1S/C34H36N2O7/c1-22(2)17-30(36-34(41)43-21-25-7-12-26-5-3-4-6-27(26)18-25)32(39)35-31(19-23-8-13-28(37)14-9-23)33(40)42-20-24-10-15-29(38)16-11-24/h3-16,18,22,30-31,37-38H,17,19-21H2,1-2H3,(H,35,39)(H,36,41)/t30-,31-/m0/s1. The molecule has 224 valence electrons. The first kappa shape index (κ1) is 30.9. The molecule has 0 unspecified atom stereocenters. The maximum absolute atomic E-state index is 13.4. The van der Waals surface area contributed by atoms with Gasteiger partial charge in [0, 0.05) is 6.42 Å². The Hall–Kier alpha value is -5.05. The molecule has 0 aliphatic heterocycles. The van der Waals surface area contributed by atoms with Crippen molar-refractivity contribution in [2.24, 2.45) is 5.92 Å². The Morgan fingerprint density at radius 3 is 1.91 bits per heavy atom. The van der Waals surface area contributed by atoms with Crippen molar-refractivity contribution in [3.63, 3.8) is 0 Å². The van der Waals surface area contributed by atoms with Crippen molar-refractivity contribution in [1.29, 1.82) is 0 Å². The number of alkyl carbamates (subject to hydrolysis) is 1. The van der Waals surface area contributed by atoms with Gasteiger partial charge in [0.1, 0.15) is 36.8 Å². The van der Waals surface area contributed by atoms with E-state index in [1.807, 2.05) is 56.3 Å². The number of nitrogens with one attached hydrogen (secondary N) is 2. The Balaban J connectivity index is 1.42. The molecule has 0 aliphatic carbocycles. The first-order valence-corrected chi connectivity index (χ1v) is 14.1. The highest BCUT2D eigenvalue weighted by Crippen LogP contribution is 2.17. The number of fused-ring (bicyclic) bond motifs is 1. The molecular formula is C34H36N2O7. The molecule has 0 saturated carbocycles. The van der Waals surface area contributed by atoms with Gasteiger partial charge in [0.05, 0.1) is 0 Å². The molecule has 2 amide bonds. The number of phenolic OH excluding ortho intramolecular Hbond substituents is 2. The lowest BCUT2D eigenvalue weighted by Crippen LogP contribution is -2.53. The highest BCUT2D eigenvalue weighted by molar-refractivity contribution is 5.90. The average Bonchev–Trinajstić information content (AvgIpc) is 2.99. The van der Waals surface area contributed by atoms with Crippen LogP contribution in [-0.2, 0) is 38.7 Å². The fourth-order valence-corrected chi connectivity index (χ4v) is 4.54. The zero-order valence-electron chi connectivity index (χ0n) is 24.2. The normalized spacial score (nSPS) is 12.3. The van der Waals surface area contributed by atoms with Crippen LogP contribution in [0.2, 0.25) is 0 Å². The summed E-state index contributed by atoms with van der Waals surface area (Å²) in [6, 6.07) is 24.1. The van der Waals surface area contributed by atoms with Crippen LogP contribution in [0.5, 0.6) is 11.5 Å². The topological polar surface area (TPSA) is 134 Å². The number of rotatable bonds is 12. The van der Waals surface area contributed by atoms with Crippen LogP contribution < -0.4 is 10.6 Å². The van der Waals surface area contributed by atoms with Gasteiger partial charge >= 0.3 is 12.1 Å². The first-order valence-electron chi connectivity index (χ1n) is 14.1. The van der Waals surface area contributed by atoms with Crippen molar-refractivity contribution in [3.05, 3.63) is 108 Å². The second-order valence-electron chi connectivity index (χ2n) is 10.8. The fraction of sp³-hybridized carbons (Fsp3) is 0.265. The molecule has 0 heterocycles. The monoisotopic (exact) mass is 584 g/mol. The van der Waals surface area contributed by atoms with E-state index in [1.54, 1.807) is 24.3 Å². The van der Waals surface area contributed by atoms with Gasteiger partial charge in [-0.1, -0.05) is 74.5 Å². The molecule has 0 fully saturated rings. The third kappa shape index (κ3) is 9.49. The predicted molar refractivity (Wildman–Crippen MR) is 162 cm³/mol. The maximum Gasteiger partial charge on any atom is 0.408 e. The summed E-state index contributed by atoms with van der Waals surface area (Å²) >= 11 is 0. The molecule has 4 N–H and O–H groups in total. The number of amides is 2. The van der Waals surface area contributed by atoms with Crippen molar-refractivity contribution >= 4 is 28.7 Å². The lowest BCUT2D eigenvalue weighted by atomic mass is 10.0. The summed E-state index contributed by atoms with van der Waals surface area (Å²) in [7, 11) is 0. The lowest BCUT2D eigenvalue weighted by molar-refractivity contribution is -0.149. The van der Waals surface area contributed by atoms with Crippen LogP contribution in [0.4, 0.5) is 4.79 Å². The summed E-state index contributed by atoms with van der Waals surface area (Å²) in [5.74, 6) is -1.01. The van der Waals surface area contributed by atoms with Crippen molar-refractivity contribution < 1.29 is 34.1 Å². The molecule has 9 heteroatoms. The van der Waals surface area contributed by atoms with Crippen LogP contribution >= 0.6 is 0 Å². The molecule has 0 aromatic heterocycles. The third-order valence-electron chi connectivity index (χ3n) is 6.79. The van der Waals surface area contributed by atoms with E-state index in [9.17, 15) is 24.6 Å². The zero-order valence-corrected chi connectivity index (χ0v) is 24.2. The Labute approximate surface area is 250 Å². The number of aromatic hydroxyl groups is 2. The van der Waals surface area contributed by atoms with Crippen molar-refractivity contribution in [3.8, 4) is 11.5 Å². The van der Waals surface area contributed by atoms with Crippen molar-refractivity contribution in [1.82, 2.24) is 10.6 Å². The van der Waals surface area contributed by atoms with Crippen LogP contribution in [-0.4, -0.2) is 40.3 Å². The number of benzene rings is 4. The van der Waals surface area contributed by atoms with E-state index in [1.165, 1.54) is 24.3 Å². The van der Waals surface area contributed by atoms with Crippen molar-refractivity contribution in [2.75, 3.05) is 0 Å². The Kier molecular flexibility index (Phi) is 10.6. The van der Waals surface area contributed by atoms with Gasteiger partial charge in [-0.2, -0.15) is 0 Å². The SMILES string of the molecule is CC(C)C[C@H](NC(=O)OCc1ccc2ccccc2c1)C(=O)N[C@@H](Cc1ccc(O)cc1)C(=O)OCc1ccc(O)cc1. The van der Waals surface area contributed by atoms with E-state index >= 15 is 0 Å². The van der Waals surface area contributed by atoms with Crippen LogP contribution in [0.25, 0.3) is 10.8 Å². The minimum Gasteiger partial charge on any atom is -0.508 e. The van der Waals surface area contributed by atoms with Gasteiger partial charge in [-0.3, -0.25) is 4.79 Å². The van der Waals surface area contributed by atoms with E-state index in [-0.39, 0.29) is 37.1 Å². The van der Waals surface area contributed by atoms with Crippen LogP contribution in [0.15, 0.2) is 91.0 Å². The number of esters is 1. The van der Waals surface area contributed by atoms with Gasteiger partial charge in [0.15, 0.2) is 0 Å². The van der Waals surface area contributed by atoms with E-state index < -0.39 is 30.1 Å². The third-order valence-corrected chi connectivity index (χ3v) is 6.79. The fourth-order valence-electron chi connectivity index (χ4n) is 4.54. The van der Waals surface area contributed by atoms with Crippen LogP contribution in [0, 0.1) is 5.92 Å². The zero-order chi connectivity index (χ0) is 30.8. The molecule has 0 spiro atoms. The number of carbonyl (C=O) groups is 3. The summed E-state index contributed by atoms with van der Waals surface area (Å²) in [4.78, 5) is 39.4.